The fraction of sp³-hybridized carbons (Fsp3) is 0.190. The van der Waals surface area contributed by atoms with E-state index in [0.29, 0.717) is 5.01 Å². The Morgan fingerprint density at radius 3 is 2.31 bits per heavy atom. The van der Waals surface area contributed by atoms with Crippen LogP contribution in [0.1, 0.15) is 34.5 Å². The average Bonchev–Trinajstić information content (AvgIpc) is 3.27. The lowest BCUT2D eigenvalue weighted by atomic mass is 9.98. The van der Waals surface area contributed by atoms with Crippen molar-refractivity contribution in [1.82, 2.24) is 10.3 Å². The highest BCUT2D eigenvalue weighted by molar-refractivity contribution is 14.1. The second-order valence-electron chi connectivity index (χ2n) is 6.62. The van der Waals surface area contributed by atoms with Gasteiger partial charge in [-0.3, -0.25) is 4.79 Å². The van der Waals surface area contributed by atoms with Crippen LogP contribution in [0.2, 0.25) is 0 Å². The number of nitrogens with one attached hydrogen (secondary N) is 1. The molecule has 6 nitrogen and oxygen atoms in total. The highest BCUT2D eigenvalue weighted by Gasteiger charge is 2.29. The number of carbonyl (C=O) groups excluding carboxylic acids is 1. The van der Waals surface area contributed by atoms with Crippen LogP contribution in [-0.2, 0) is 9.53 Å². The molecule has 1 aromatic heterocycles. The molecule has 1 unspecified atom stereocenters. The highest BCUT2D eigenvalue weighted by Crippen LogP contribution is 2.44. The summed E-state index contributed by atoms with van der Waals surface area (Å²) in [6.45, 7) is 0.176. The van der Waals surface area contributed by atoms with Crippen molar-refractivity contribution in [3.8, 4) is 11.1 Å². The van der Waals surface area contributed by atoms with Crippen molar-refractivity contribution in [2.45, 2.75) is 18.4 Å². The number of benzene rings is 2. The molecule has 2 N–H and O–H groups in total. The number of aromatic nitrogens is 1. The Balaban J connectivity index is 1.47. The fourth-order valence-corrected chi connectivity index (χ4v) is 5.10. The van der Waals surface area contributed by atoms with Crippen LogP contribution in [-0.4, -0.2) is 28.8 Å². The summed E-state index contributed by atoms with van der Waals surface area (Å²) < 4.78 is 6.43. The largest absolute Gasteiger partial charge is 0.481 e. The Morgan fingerprint density at radius 2 is 1.76 bits per heavy atom. The normalized spacial score (nSPS) is 13.4. The van der Waals surface area contributed by atoms with Crippen molar-refractivity contribution in [3.63, 3.8) is 0 Å². The molecular weight excluding hydrogens is 503 g/mol. The van der Waals surface area contributed by atoms with Gasteiger partial charge in [-0.2, -0.15) is 0 Å². The molecule has 29 heavy (non-hydrogen) atoms. The third-order valence-corrected chi connectivity index (χ3v) is 6.65. The van der Waals surface area contributed by atoms with Gasteiger partial charge in [0.2, 0.25) is 0 Å². The summed E-state index contributed by atoms with van der Waals surface area (Å²) >= 11 is 3.46. The van der Waals surface area contributed by atoms with Gasteiger partial charge in [-0.05, 0) is 44.8 Å². The van der Waals surface area contributed by atoms with Crippen molar-refractivity contribution in [1.29, 1.82) is 0 Å². The Morgan fingerprint density at radius 1 is 1.14 bits per heavy atom. The van der Waals surface area contributed by atoms with E-state index in [4.69, 9.17) is 9.84 Å². The summed E-state index contributed by atoms with van der Waals surface area (Å²) in [7, 11) is 0. The van der Waals surface area contributed by atoms with E-state index < -0.39 is 18.1 Å². The Bertz CT molecular complexity index is 1020. The number of thiazole rings is 1. The molecule has 0 aliphatic heterocycles. The zero-order valence-corrected chi connectivity index (χ0v) is 18.1. The van der Waals surface area contributed by atoms with Crippen LogP contribution < -0.4 is 5.32 Å². The predicted molar refractivity (Wildman–Crippen MR) is 118 cm³/mol. The standard InChI is InChI=1S/C21H17IN2O4S/c22-18-10-23-20(29-18)17(9-19(25)26)24-21(27)28-11-16-14-7-3-1-5-12(14)13-6-2-4-8-15(13)16/h1-8,10,16-17H,9,11H2,(H,24,27)(H,25,26). The molecule has 3 aromatic rings. The molecule has 148 valence electrons. The lowest BCUT2D eigenvalue weighted by Crippen LogP contribution is -2.31. The van der Waals surface area contributed by atoms with Crippen LogP contribution in [0.5, 0.6) is 0 Å². The van der Waals surface area contributed by atoms with Crippen LogP contribution in [0.15, 0.2) is 54.7 Å². The Kier molecular flexibility index (Phi) is 5.81. The van der Waals surface area contributed by atoms with Crippen LogP contribution >= 0.6 is 33.9 Å². The number of fused-ring (bicyclic) bond motifs is 3. The number of halogens is 1. The molecule has 1 atom stereocenters. The van der Waals surface area contributed by atoms with E-state index in [0.717, 1.165) is 25.1 Å². The predicted octanol–water partition coefficient (Wildman–Crippen LogP) is 4.80. The summed E-state index contributed by atoms with van der Waals surface area (Å²) in [5.74, 6) is -1.06. The number of hydrogen-bond donors (Lipinski definition) is 2. The molecule has 1 heterocycles. The first-order chi connectivity index (χ1) is 14.0. The van der Waals surface area contributed by atoms with Gasteiger partial charge >= 0.3 is 12.1 Å². The smallest absolute Gasteiger partial charge is 0.407 e. The molecule has 0 spiro atoms. The summed E-state index contributed by atoms with van der Waals surface area (Å²) in [5.41, 5.74) is 4.55. The number of hydrogen-bond acceptors (Lipinski definition) is 5. The Hall–Kier alpha value is -2.46. The molecule has 0 saturated carbocycles. The lowest BCUT2D eigenvalue weighted by molar-refractivity contribution is -0.137. The number of nitrogens with zero attached hydrogens (tertiary/aromatic N) is 1. The molecule has 8 heteroatoms. The van der Waals surface area contributed by atoms with Gasteiger partial charge in [-0.25, -0.2) is 9.78 Å². The Labute approximate surface area is 185 Å². The summed E-state index contributed by atoms with van der Waals surface area (Å²) in [6, 6.07) is 15.5. The van der Waals surface area contributed by atoms with Gasteiger partial charge in [0.1, 0.15) is 11.6 Å². The third-order valence-electron chi connectivity index (χ3n) is 4.81. The summed E-state index contributed by atoms with van der Waals surface area (Å²) in [5, 5.41) is 12.4. The number of carbonyl (C=O) groups is 2. The van der Waals surface area contributed by atoms with Crippen LogP contribution in [0.25, 0.3) is 11.1 Å². The van der Waals surface area contributed by atoms with Gasteiger partial charge < -0.3 is 15.2 Å². The molecule has 0 saturated heterocycles. The zero-order chi connectivity index (χ0) is 20.4. The van der Waals surface area contributed by atoms with Gasteiger partial charge in [-0.1, -0.05) is 48.5 Å². The van der Waals surface area contributed by atoms with E-state index in [2.05, 4.69) is 45.0 Å². The molecule has 2 aromatic carbocycles. The number of ether oxygens (including phenoxy) is 1. The highest BCUT2D eigenvalue weighted by atomic mass is 127. The summed E-state index contributed by atoms with van der Waals surface area (Å²) in [4.78, 5) is 27.8. The SMILES string of the molecule is O=C(O)CC(NC(=O)OCC1c2ccccc2-c2ccccc21)c1ncc(I)s1. The quantitative estimate of drug-likeness (QED) is 0.456. The first kappa shape index (κ1) is 19.8. The number of carboxylic acid groups (broad SMARTS) is 1. The van der Waals surface area contributed by atoms with Gasteiger partial charge in [0, 0.05) is 5.92 Å². The molecular formula is C21H17IN2O4S. The lowest BCUT2D eigenvalue weighted by Gasteiger charge is -2.17. The summed E-state index contributed by atoms with van der Waals surface area (Å²) in [6.07, 6.45) is 0.742. The number of aliphatic carboxylic acids is 1. The molecule has 0 bridgehead atoms. The van der Waals surface area contributed by atoms with Gasteiger partial charge in [0.15, 0.2) is 0 Å². The number of amides is 1. The second-order valence-corrected chi connectivity index (χ2v) is 9.58. The minimum atomic E-state index is -1.01. The van der Waals surface area contributed by atoms with E-state index in [1.807, 2.05) is 36.4 Å². The third kappa shape index (κ3) is 4.27. The van der Waals surface area contributed by atoms with Gasteiger partial charge in [-0.15, -0.1) is 11.3 Å². The zero-order valence-electron chi connectivity index (χ0n) is 15.2. The van der Waals surface area contributed by atoms with Crippen molar-refractivity contribution < 1.29 is 19.4 Å². The maximum absolute atomic E-state index is 12.4. The van der Waals surface area contributed by atoms with Crippen molar-refractivity contribution in [3.05, 3.63) is 73.7 Å². The minimum absolute atomic E-state index is 0.0492. The molecule has 0 radical (unpaired) electrons. The maximum atomic E-state index is 12.4. The van der Waals surface area contributed by atoms with Crippen molar-refractivity contribution >= 4 is 46.0 Å². The molecule has 1 amide bonds. The van der Waals surface area contributed by atoms with Crippen molar-refractivity contribution in [2.75, 3.05) is 6.61 Å². The van der Waals surface area contributed by atoms with Crippen LogP contribution in [0.4, 0.5) is 4.79 Å². The minimum Gasteiger partial charge on any atom is -0.481 e. The maximum Gasteiger partial charge on any atom is 0.407 e. The first-order valence-electron chi connectivity index (χ1n) is 8.97. The average molecular weight is 520 g/mol. The first-order valence-corrected chi connectivity index (χ1v) is 10.9. The monoisotopic (exact) mass is 520 g/mol. The van der Waals surface area contributed by atoms with E-state index in [1.54, 1.807) is 6.20 Å². The molecule has 1 aliphatic rings. The molecule has 1 aliphatic carbocycles. The molecule has 0 fully saturated rings. The fourth-order valence-electron chi connectivity index (χ4n) is 3.59. The van der Waals surface area contributed by atoms with Crippen molar-refractivity contribution in [2.24, 2.45) is 0 Å². The molecule has 4 rings (SSSR count). The number of carboxylic acids is 1. The topological polar surface area (TPSA) is 88.5 Å². The van der Waals surface area contributed by atoms with Crippen LogP contribution in [0.3, 0.4) is 0 Å². The van der Waals surface area contributed by atoms with Gasteiger partial charge in [0.25, 0.3) is 0 Å². The number of alkyl carbamates (subject to hydrolysis) is 1. The van der Waals surface area contributed by atoms with Gasteiger partial charge in [0.05, 0.1) is 21.5 Å². The van der Waals surface area contributed by atoms with E-state index in [1.165, 1.54) is 11.3 Å². The van der Waals surface area contributed by atoms with Crippen LogP contribution in [0, 0.1) is 2.88 Å². The second kappa shape index (κ2) is 8.50. The van der Waals surface area contributed by atoms with E-state index >= 15 is 0 Å². The number of rotatable bonds is 6. The van der Waals surface area contributed by atoms with E-state index in [-0.39, 0.29) is 18.9 Å². The van der Waals surface area contributed by atoms with E-state index in [9.17, 15) is 9.59 Å².